The standard InChI is InChI=1S/C14H14.C6H14O3.2CHNO/c1-12(13-8-4-2-5-9-13)14-10-6-3-7-11-14;7-3-1-2-6(4-8)5-9;2*2-1-3/h2-12H,1H3;6-9H,1-5H2;2*2H. The maximum absolute atomic E-state index is 8.51. The second-order valence-electron chi connectivity index (χ2n) is 5.84. The Bertz CT molecular complexity index is 613. The number of carbonyl (C=O) groups excluding carboxylic acids is 2. The summed E-state index contributed by atoms with van der Waals surface area (Å²) < 4.78 is 0. The van der Waals surface area contributed by atoms with Crippen LogP contribution in [-0.2, 0) is 9.59 Å². The van der Waals surface area contributed by atoms with E-state index in [1.807, 2.05) is 0 Å². The molecule has 0 fully saturated rings. The molecular weight excluding hydrogens is 372 g/mol. The molecule has 0 atom stereocenters. The number of aliphatic hydroxyl groups is 3. The van der Waals surface area contributed by atoms with Crippen molar-refractivity contribution in [2.45, 2.75) is 25.7 Å². The SMILES string of the molecule is CC(c1ccccc1)c1ccccc1.N=C=O.N=C=O.OCCCC(CO)CO. The van der Waals surface area contributed by atoms with Crippen molar-refractivity contribution in [1.82, 2.24) is 0 Å². The molecule has 0 heterocycles. The number of rotatable bonds is 7. The molecule has 0 bridgehead atoms. The maximum atomic E-state index is 8.51. The van der Waals surface area contributed by atoms with Gasteiger partial charge in [-0.1, -0.05) is 67.6 Å². The van der Waals surface area contributed by atoms with Crippen LogP contribution in [0.5, 0.6) is 0 Å². The smallest absolute Gasteiger partial charge is 0.231 e. The fraction of sp³-hybridized carbons (Fsp3) is 0.364. The fourth-order valence-electron chi connectivity index (χ4n) is 2.30. The highest BCUT2D eigenvalue weighted by molar-refractivity contribution is 5.31. The molecule has 0 aliphatic rings. The van der Waals surface area contributed by atoms with E-state index in [0.29, 0.717) is 18.8 Å². The van der Waals surface area contributed by atoms with Crippen molar-refractivity contribution in [2.24, 2.45) is 5.92 Å². The third-order valence-corrected chi connectivity index (χ3v) is 3.89. The number of hydrogen-bond donors (Lipinski definition) is 5. The zero-order chi connectivity index (χ0) is 22.3. The van der Waals surface area contributed by atoms with Gasteiger partial charge >= 0.3 is 0 Å². The molecule has 2 aromatic rings. The van der Waals surface area contributed by atoms with E-state index in [0.717, 1.165) is 12.2 Å². The predicted molar refractivity (Wildman–Crippen MR) is 111 cm³/mol. The fourth-order valence-corrected chi connectivity index (χ4v) is 2.30. The lowest BCUT2D eigenvalue weighted by Crippen LogP contribution is -2.11. The Labute approximate surface area is 171 Å². The quantitative estimate of drug-likeness (QED) is 0.357. The molecule has 0 saturated heterocycles. The summed E-state index contributed by atoms with van der Waals surface area (Å²) in [4.78, 5) is 16.7. The van der Waals surface area contributed by atoms with Gasteiger partial charge in [-0.3, -0.25) is 0 Å². The largest absolute Gasteiger partial charge is 0.396 e. The first-order valence-electron chi connectivity index (χ1n) is 9.06. The van der Waals surface area contributed by atoms with Crippen LogP contribution in [0.4, 0.5) is 0 Å². The zero-order valence-electron chi connectivity index (χ0n) is 16.6. The molecule has 0 aromatic heterocycles. The molecule has 0 radical (unpaired) electrons. The van der Waals surface area contributed by atoms with E-state index < -0.39 is 0 Å². The third kappa shape index (κ3) is 15.8. The zero-order valence-corrected chi connectivity index (χ0v) is 16.6. The van der Waals surface area contributed by atoms with Gasteiger partial charge in [-0.2, -0.15) is 0 Å². The van der Waals surface area contributed by atoms with Crippen LogP contribution in [-0.4, -0.2) is 47.3 Å². The van der Waals surface area contributed by atoms with E-state index in [4.69, 9.17) is 35.7 Å². The highest BCUT2D eigenvalue weighted by atomic mass is 16.3. The molecule has 0 saturated carbocycles. The van der Waals surface area contributed by atoms with Gasteiger partial charge in [-0.15, -0.1) is 0 Å². The molecule has 7 nitrogen and oxygen atoms in total. The lowest BCUT2D eigenvalue weighted by atomic mass is 9.93. The molecule has 0 aliphatic carbocycles. The number of isocyanates is 2. The number of nitrogens with one attached hydrogen (secondary N) is 2. The predicted octanol–water partition coefficient (Wildman–Crippen LogP) is 3.00. The molecule has 0 amide bonds. The molecule has 0 unspecified atom stereocenters. The highest BCUT2D eigenvalue weighted by Crippen LogP contribution is 2.22. The van der Waals surface area contributed by atoms with E-state index >= 15 is 0 Å². The average Bonchev–Trinajstić information content (AvgIpc) is 2.77. The van der Waals surface area contributed by atoms with E-state index in [2.05, 4.69) is 67.6 Å². The van der Waals surface area contributed by atoms with Crippen molar-refractivity contribution in [1.29, 1.82) is 10.8 Å². The normalized spacial score (nSPS) is 8.90. The highest BCUT2D eigenvalue weighted by Gasteiger charge is 2.06. The first-order valence-corrected chi connectivity index (χ1v) is 9.06. The van der Waals surface area contributed by atoms with Gasteiger partial charge in [-0.25, -0.2) is 20.4 Å². The maximum Gasteiger partial charge on any atom is 0.231 e. The minimum absolute atomic E-state index is 0.0104. The Hall–Kier alpha value is -2.92. The van der Waals surface area contributed by atoms with Crippen LogP contribution in [0.2, 0.25) is 0 Å². The van der Waals surface area contributed by atoms with Gasteiger partial charge in [0.1, 0.15) is 0 Å². The number of benzene rings is 2. The summed E-state index contributed by atoms with van der Waals surface area (Å²) in [7, 11) is 0. The van der Waals surface area contributed by atoms with E-state index in [1.54, 1.807) is 0 Å². The van der Waals surface area contributed by atoms with Gasteiger partial charge in [0.2, 0.25) is 12.2 Å². The summed E-state index contributed by atoms with van der Waals surface area (Å²) in [6.45, 7) is 2.40. The van der Waals surface area contributed by atoms with Gasteiger partial charge in [0.25, 0.3) is 0 Å². The topological polar surface area (TPSA) is 143 Å². The van der Waals surface area contributed by atoms with E-state index in [1.165, 1.54) is 11.1 Å². The molecular formula is C22H30N2O5. The van der Waals surface area contributed by atoms with Gasteiger partial charge in [-0.05, 0) is 24.0 Å². The molecule has 29 heavy (non-hydrogen) atoms. The summed E-state index contributed by atoms with van der Waals surface area (Å²) in [5.41, 5.74) is 2.75. The Morgan fingerprint density at radius 3 is 1.41 bits per heavy atom. The second-order valence-corrected chi connectivity index (χ2v) is 5.84. The average molecular weight is 402 g/mol. The second kappa shape index (κ2) is 21.4. The van der Waals surface area contributed by atoms with Crippen LogP contribution in [0.15, 0.2) is 60.7 Å². The van der Waals surface area contributed by atoms with E-state index in [-0.39, 0.29) is 25.7 Å². The van der Waals surface area contributed by atoms with Crippen LogP contribution in [0, 0.1) is 16.7 Å². The summed E-state index contributed by atoms with van der Waals surface area (Å²) in [6.07, 6.45) is 2.86. The molecule has 5 N–H and O–H groups in total. The summed E-state index contributed by atoms with van der Waals surface area (Å²) in [5.74, 6) is 0.439. The minimum Gasteiger partial charge on any atom is -0.396 e. The van der Waals surface area contributed by atoms with Gasteiger partial charge in [0, 0.05) is 31.7 Å². The minimum atomic E-state index is -0.0443. The van der Waals surface area contributed by atoms with Crippen molar-refractivity contribution in [3.8, 4) is 0 Å². The van der Waals surface area contributed by atoms with Crippen molar-refractivity contribution in [3.05, 3.63) is 71.8 Å². The Morgan fingerprint density at radius 1 is 0.793 bits per heavy atom. The lowest BCUT2D eigenvalue weighted by Gasteiger charge is -2.11. The van der Waals surface area contributed by atoms with Crippen molar-refractivity contribution < 1.29 is 24.9 Å². The van der Waals surface area contributed by atoms with Crippen LogP contribution in [0.25, 0.3) is 0 Å². The van der Waals surface area contributed by atoms with Crippen molar-refractivity contribution >= 4 is 12.2 Å². The van der Waals surface area contributed by atoms with Crippen LogP contribution in [0.1, 0.15) is 36.8 Å². The first-order chi connectivity index (χ1) is 14.1. The van der Waals surface area contributed by atoms with Gasteiger partial charge < -0.3 is 15.3 Å². The summed E-state index contributed by atoms with van der Waals surface area (Å²) in [5, 5.41) is 36.2. The summed E-state index contributed by atoms with van der Waals surface area (Å²) in [6, 6.07) is 21.2. The number of hydrogen-bond acceptors (Lipinski definition) is 7. The monoisotopic (exact) mass is 402 g/mol. The van der Waals surface area contributed by atoms with Crippen molar-refractivity contribution in [3.63, 3.8) is 0 Å². The molecule has 2 aromatic carbocycles. The molecule has 7 heteroatoms. The van der Waals surface area contributed by atoms with E-state index in [9.17, 15) is 0 Å². The van der Waals surface area contributed by atoms with Gasteiger partial charge in [0.15, 0.2) is 0 Å². The van der Waals surface area contributed by atoms with Crippen LogP contribution < -0.4 is 0 Å². The Kier molecular flexibility index (Phi) is 20.9. The molecule has 2 rings (SSSR count). The Balaban J connectivity index is 0. The molecule has 158 valence electrons. The molecule has 0 spiro atoms. The first kappa shape index (κ1) is 28.3. The van der Waals surface area contributed by atoms with Crippen LogP contribution >= 0.6 is 0 Å². The Morgan fingerprint density at radius 2 is 1.14 bits per heavy atom. The molecule has 0 aliphatic heterocycles. The number of aliphatic hydroxyl groups excluding tert-OH is 3. The van der Waals surface area contributed by atoms with Gasteiger partial charge in [0.05, 0.1) is 0 Å². The summed E-state index contributed by atoms with van der Waals surface area (Å²) >= 11 is 0. The lowest BCUT2D eigenvalue weighted by molar-refractivity contribution is 0.136. The van der Waals surface area contributed by atoms with Crippen LogP contribution in [0.3, 0.4) is 0 Å². The third-order valence-electron chi connectivity index (χ3n) is 3.89. The van der Waals surface area contributed by atoms with Crippen molar-refractivity contribution in [2.75, 3.05) is 19.8 Å².